The van der Waals surface area contributed by atoms with Crippen LogP contribution in [0, 0.1) is 24.0 Å². The predicted molar refractivity (Wildman–Crippen MR) is 94.0 cm³/mol. The van der Waals surface area contributed by atoms with Crippen LogP contribution < -0.4 is 11.1 Å². The van der Waals surface area contributed by atoms with Crippen LogP contribution in [0.4, 0.5) is 5.69 Å². The third-order valence-corrected chi connectivity index (χ3v) is 4.77. The number of nitro groups is 1. The molecule has 0 aliphatic carbocycles. The third kappa shape index (κ3) is 2.84. The first-order chi connectivity index (χ1) is 11.8. The summed E-state index contributed by atoms with van der Waals surface area (Å²) in [7, 11) is 0. The summed E-state index contributed by atoms with van der Waals surface area (Å²) in [5.74, 6) is -0.753. The number of aromatic nitrogens is 4. The fraction of sp³-hybridized carbons (Fsp3) is 0.200. The lowest BCUT2D eigenvalue weighted by Gasteiger charge is -2.16. The summed E-state index contributed by atoms with van der Waals surface area (Å²) in [5, 5.41) is 21.7. The van der Waals surface area contributed by atoms with E-state index in [1.807, 2.05) is 0 Å². The number of halogens is 1. The molecule has 3 aromatic rings. The zero-order valence-corrected chi connectivity index (χ0v) is 14.9. The summed E-state index contributed by atoms with van der Waals surface area (Å²) in [6, 6.07) is 4.55. The van der Waals surface area contributed by atoms with Crippen molar-refractivity contribution in [2.45, 2.75) is 19.8 Å². The largest absolute Gasteiger partial charge is 0.302 e. The van der Waals surface area contributed by atoms with E-state index in [1.54, 1.807) is 19.9 Å². The van der Waals surface area contributed by atoms with Crippen LogP contribution in [0.3, 0.4) is 0 Å². The standard InChI is InChI=1S/C15H14BrN5O4/c1-6-11(14(22)19-17-6)13(12-7(2)18-20-15(12)23)8-3-4-9(16)10(5-8)21(24)25/h3-5,13H,1-2H3,(H2,17,19,22)(H2,18,20,23). The Morgan fingerprint density at radius 1 is 1.00 bits per heavy atom. The molecule has 0 atom stereocenters. The second kappa shape index (κ2) is 6.20. The van der Waals surface area contributed by atoms with Crippen LogP contribution in [0.2, 0.25) is 0 Å². The molecule has 3 rings (SSSR count). The Morgan fingerprint density at radius 3 is 1.92 bits per heavy atom. The quantitative estimate of drug-likeness (QED) is 0.388. The molecule has 4 N–H and O–H groups in total. The van der Waals surface area contributed by atoms with Gasteiger partial charge in [-0.05, 0) is 41.4 Å². The van der Waals surface area contributed by atoms with Crippen LogP contribution in [0.5, 0.6) is 0 Å². The molecule has 1 aromatic carbocycles. The van der Waals surface area contributed by atoms with Gasteiger partial charge in [0.1, 0.15) is 0 Å². The minimum atomic E-state index is -0.753. The fourth-order valence-corrected chi connectivity index (χ4v) is 3.32. The van der Waals surface area contributed by atoms with E-state index in [9.17, 15) is 19.7 Å². The molecule has 0 saturated heterocycles. The van der Waals surface area contributed by atoms with Crippen molar-refractivity contribution in [3.05, 3.63) is 81.6 Å². The third-order valence-electron chi connectivity index (χ3n) is 4.10. The molecule has 9 nitrogen and oxygen atoms in total. The molecule has 0 saturated carbocycles. The molecule has 0 unspecified atom stereocenters. The van der Waals surface area contributed by atoms with Gasteiger partial charge < -0.3 is 10.2 Å². The number of hydrogen-bond donors (Lipinski definition) is 4. The Labute approximate surface area is 148 Å². The highest BCUT2D eigenvalue weighted by Gasteiger charge is 2.29. The molecule has 0 bridgehead atoms. The van der Waals surface area contributed by atoms with Gasteiger partial charge in [-0.25, -0.2) is 0 Å². The Kier molecular flexibility index (Phi) is 4.21. The van der Waals surface area contributed by atoms with E-state index in [-0.39, 0.29) is 16.8 Å². The molecular formula is C15H14BrN5O4. The lowest BCUT2D eigenvalue weighted by atomic mass is 9.85. The molecule has 0 aliphatic heterocycles. The van der Waals surface area contributed by atoms with E-state index in [0.29, 0.717) is 32.6 Å². The topological polar surface area (TPSA) is 140 Å². The molecule has 0 amide bonds. The van der Waals surface area contributed by atoms with Crippen molar-refractivity contribution in [3.8, 4) is 0 Å². The number of nitrogens with zero attached hydrogens (tertiary/aromatic N) is 1. The summed E-state index contributed by atoms with van der Waals surface area (Å²) >= 11 is 3.15. The number of H-pyrrole nitrogens is 4. The van der Waals surface area contributed by atoms with E-state index in [2.05, 4.69) is 36.3 Å². The van der Waals surface area contributed by atoms with Crippen LogP contribution in [0.15, 0.2) is 32.3 Å². The van der Waals surface area contributed by atoms with Crippen LogP contribution in [0.25, 0.3) is 0 Å². The van der Waals surface area contributed by atoms with Crippen molar-refractivity contribution >= 4 is 21.6 Å². The molecule has 2 aromatic heterocycles. The molecule has 0 fully saturated rings. The van der Waals surface area contributed by atoms with E-state index >= 15 is 0 Å². The van der Waals surface area contributed by atoms with Crippen molar-refractivity contribution in [1.29, 1.82) is 0 Å². The molecule has 25 heavy (non-hydrogen) atoms. The molecule has 130 valence electrons. The average Bonchev–Trinajstić information content (AvgIpc) is 3.06. The normalized spacial score (nSPS) is 11.2. The highest BCUT2D eigenvalue weighted by Crippen LogP contribution is 2.35. The number of aromatic amines is 4. The van der Waals surface area contributed by atoms with Gasteiger partial charge >= 0.3 is 0 Å². The molecule has 0 aliphatic rings. The zero-order chi connectivity index (χ0) is 18.3. The molecule has 2 heterocycles. The van der Waals surface area contributed by atoms with Crippen molar-refractivity contribution in [3.63, 3.8) is 0 Å². The summed E-state index contributed by atoms with van der Waals surface area (Å²) in [4.78, 5) is 35.4. The Balaban J connectivity index is 2.34. The van der Waals surface area contributed by atoms with Gasteiger partial charge in [0.05, 0.1) is 20.5 Å². The van der Waals surface area contributed by atoms with E-state index in [1.165, 1.54) is 12.1 Å². The lowest BCUT2D eigenvalue weighted by molar-refractivity contribution is -0.385. The first kappa shape index (κ1) is 17.0. The van der Waals surface area contributed by atoms with Gasteiger partial charge in [-0.2, -0.15) is 0 Å². The maximum atomic E-state index is 12.3. The Hall–Kier alpha value is -2.88. The highest BCUT2D eigenvalue weighted by atomic mass is 79.9. The maximum absolute atomic E-state index is 12.3. The first-order valence-electron chi connectivity index (χ1n) is 7.29. The van der Waals surface area contributed by atoms with Gasteiger partial charge in [0, 0.05) is 23.4 Å². The summed E-state index contributed by atoms with van der Waals surface area (Å²) in [6.07, 6.45) is 0. The summed E-state index contributed by atoms with van der Waals surface area (Å²) in [5.41, 5.74) is 1.35. The van der Waals surface area contributed by atoms with Gasteiger partial charge in [0.2, 0.25) is 0 Å². The smallest absolute Gasteiger partial charge is 0.283 e. The van der Waals surface area contributed by atoms with E-state index in [0.717, 1.165) is 0 Å². The van der Waals surface area contributed by atoms with Crippen LogP contribution in [-0.2, 0) is 0 Å². The number of hydrogen-bond acceptors (Lipinski definition) is 4. The number of nitrogens with one attached hydrogen (secondary N) is 4. The number of benzene rings is 1. The second-order valence-electron chi connectivity index (χ2n) is 5.64. The summed E-state index contributed by atoms with van der Waals surface area (Å²) < 4.78 is 0.319. The van der Waals surface area contributed by atoms with E-state index in [4.69, 9.17) is 0 Å². The van der Waals surface area contributed by atoms with Crippen molar-refractivity contribution in [2.24, 2.45) is 0 Å². The number of nitro benzene ring substituents is 1. The monoisotopic (exact) mass is 407 g/mol. The zero-order valence-electron chi connectivity index (χ0n) is 13.3. The molecule has 0 radical (unpaired) electrons. The van der Waals surface area contributed by atoms with Crippen molar-refractivity contribution in [2.75, 3.05) is 0 Å². The maximum Gasteiger partial charge on any atom is 0.283 e. The van der Waals surface area contributed by atoms with Crippen LogP contribution in [-0.4, -0.2) is 25.3 Å². The van der Waals surface area contributed by atoms with Gasteiger partial charge in [0.15, 0.2) is 0 Å². The van der Waals surface area contributed by atoms with Crippen molar-refractivity contribution < 1.29 is 4.92 Å². The predicted octanol–water partition coefficient (Wildman–Crippen LogP) is 2.19. The van der Waals surface area contributed by atoms with Crippen molar-refractivity contribution in [1.82, 2.24) is 20.4 Å². The molecule has 0 spiro atoms. The number of aryl methyl sites for hydroxylation is 2. The second-order valence-corrected chi connectivity index (χ2v) is 6.49. The van der Waals surface area contributed by atoms with Gasteiger partial charge in [-0.1, -0.05) is 6.07 Å². The van der Waals surface area contributed by atoms with E-state index < -0.39 is 10.8 Å². The van der Waals surface area contributed by atoms with Gasteiger partial charge in [-0.3, -0.25) is 29.9 Å². The number of rotatable bonds is 4. The fourth-order valence-electron chi connectivity index (χ4n) is 2.93. The molecular weight excluding hydrogens is 394 g/mol. The van der Waals surface area contributed by atoms with Crippen LogP contribution in [0.1, 0.15) is 34.0 Å². The van der Waals surface area contributed by atoms with Crippen LogP contribution >= 0.6 is 15.9 Å². The lowest BCUT2D eigenvalue weighted by Crippen LogP contribution is -2.20. The Bertz CT molecular complexity index is 1020. The first-order valence-corrected chi connectivity index (χ1v) is 8.08. The van der Waals surface area contributed by atoms with Gasteiger partial charge in [0.25, 0.3) is 16.8 Å². The highest BCUT2D eigenvalue weighted by molar-refractivity contribution is 9.10. The molecule has 10 heteroatoms. The average molecular weight is 408 g/mol. The summed E-state index contributed by atoms with van der Waals surface area (Å²) in [6.45, 7) is 3.40. The Morgan fingerprint density at radius 2 is 1.52 bits per heavy atom. The van der Waals surface area contributed by atoms with Gasteiger partial charge in [-0.15, -0.1) is 0 Å². The minimum absolute atomic E-state index is 0.142. The minimum Gasteiger partial charge on any atom is -0.302 e. The SMILES string of the molecule is Cc1[nH][nH]c(=O)c1C(c1ccc(Br)c([N+](=O)[O-])c1)c1c(C)[nH][nH]c1=O.